The summed E-state index contributed by atoms with van der Waals surface area (Å²) in [6, 6.07) is 17.5. The van der Waals surface area contributed by atoms with Gasteiger partial charge in [-0.15, -0.1) is 0 Å². The van der Waals surface area contributed by atoms with Crippen molar-refractivity contribution in [1.82, 2.24) is 0 Å². The molecule has 1 atom stereocenters. The Hall–Kier alpha value is -1.64. The van der Waals surface area contributed by atoms with Crippen LogP contribution in [0.5, 0.6) is 0 Å². The molecule has 0 aliphatic carbocycles. The summed E-state index contributed by atoms with van der Waals surface area (Å²) in [5, 5.41) is 11.0. The Balaban J connectivity index is 2.55. The molecule has 2 aromatic rings. The third-order valence-electron chi connectivity index (χ3n) is 3.20. The maximum atomic E-state index is 11.0. The molecule has 0 saturated carbocycles. The summed E-state index contributed by atoms with van der Waals surface area (Å²) in [4.78, 5) is 0. The van der Waals surface area contributed by atoms with Crippen molar-refractivity contribution in [2.24, 2.45) is 0 Å². The van der Waals surface area contributed by atoms with Gasteiger partial charge in [0.05, 0.1) is 6.61 Å². The number of benzene rings is 2. The summed E-state index contributed by atoms with van der Waals surface area (Å²) in [6.07, 6.45) is 0. The first-order valence-electron chi connectivity index (χ1n) is 6.01. The summed E-state index contributed by atoms with van der Waals surface area (Å²) in [6.45, 7) is 2.24. The summed E-state index contributed by atoms with van der Waals surface area (Å²) < 4.78 is 5.22. The maximum absolute atomic E-state index is 11.0. The van der Waals surface area contributed by atoms with Crippen LogP contribution in [0.3, 0.4) is 0 Å². The second-order valence-corrected chi connectivity index (χ2v) is 4.47. The molecule has 1 unspecified atom stereocenters. The van der Waals surface area contributed by atoms with E-state index in [4.69, 9.17) is 4.74 Å². The minimum Gasteiger partial charge on any atom is -0.381 e. The highest BCUT2D eigenvalue weighted by atomic mass is 16.5. The first kappa shape index (κ1) is 12.8. The van der Waals surface area contributed by atoms with Crippen molar-refractivity contribution in [2.45, 2.75) is 12.5 Å². The van der Waals surface area contributed by atoms with E-state index >= 15 is 0 Å². The molecular weight excluding hydrogens is 224 g/mol. The van der Waals surface area contributed by atoms with Crippen molar-refractivity contribution >= 4 is 0 Å². The highest BCUT2D eigenvalue weighted by Gasteiger charge is 2.32. The lowest BCUT2D eigenvalue weighted by molar-refractivity contribution is -0.00370. The molecule has 18 heavy (non-hydrogen) atoms. The van der Waals surface area contributed by atoms with Crippen molar-refractivity contribution < 1.29 is 9.84 Å². The fourth-order valence-electron chi connectivity index (χ4n) is 2.28. The number of methoxy groups -OCH3 is 1. The number of hydrogen-bond donors (Lipinski definition) is 1. The second kappa shape index (κ2) is 5.34. The molecule has 0 fully saturated rings. The normalized spacial score (nSPS) is 14.2. The van der Waals surface area contributed by atoms with E-state index in [9.17, 15) is 5.11 Å². The molecule has 2 aromatic carbocycles. The molecule has 0 bridgehead atoms. The van der Waals surface area contributed by atoms with Gasteiger partial charge in [-0.25, -0.2) is 0 Å². The van der Waals surface area contributed by atoms with E-state index in [1.54, 1.807) is 7.11 Å². The van der Waals surface area contributed by atoms with Crippen LogP contribution in [0.4, 0.5) is 0 Å². The Morgan fingerprint density at radius 2 is 1.61 bits per heavy atom. The Kier molecular flexibility index (Phi) is 3.80. The van der Waals surface area contributed by atoms with E-state index in [-0.39, 0.29) is 6.61 Å². The standard InChI is InChI=1S/C16H18O2/c1-13-8-6-7-11-15(13)16(17,12-18-2)14-9-4-3-5-10-14/h3-11,17H,12H2,1-2H3. The van der Waals surface area contributed by atoms with E-state index in [2.05, 4.69) is 0 Å². The van der Waals surface area contributed by atoms with Gasteiger partial charge in [-0.3, -0.25) is 0 Å². The molecule has 2 nitrogen and oxygen atoms in total. The predicted molar refractivity (Wildman–Crippen MR) is 72.5 cm³/mol. The number of rotatable bonds is 4. The van der Waals surface area contributed by atoms with Crippen LogP contribution >= 0.6 is 0 Å². The Morgan fingerprint density at radius 3 is 2.22 bits per heavy atom. The number of aliphatic hydroxyl groups is 1. The Morgan fingerprint density at radius 1 is 1.00 bits per heavy atom. The summed E-state index contributed by atoms with van der Waals surface area (Å²) in [5.41, 5.74) is 1.70. The minimum atomic E-state index is -1.10. The molecule has 94 valence electrons. The molecule has 2 heteroatoms. The molecular formula is C16H18O2. The predicted octanol–water partition coefficient (Wildman–Crippen LogP) is 2.88. The average Bonchev–Trinajstić information content (AvgIpc) is 2.40. The van der Waals surface area contributed by atoms with Crippen LogP contribution < -0.4 is 0 Å². The molecule has 0 amide bonds. The van der Waals surface area contributed by atoms with Crippen LogP contribution in [0, 0.1) is 6.92 Å². The van der Waals surface area contributed by atoms with Gasteiger partial charge < -0.3 is 9.84 Å². The van der Waals surface area contributed by atoms with Crippen LogP contribution in [-0.2, 0) is 10.3 Å². The molecule has 0 saturated heterocycles. The fraction of sp³-hybridized carbons (Fsp3) is 0.250. The second-order valence-electron chi connectivity index (χ2n) is 4.47. The van der Waals surface area contributed by atoms with Gasteiger partial charge in [-0.2, -0.15) is 0 Å². The monoisotopic (exact) mass is 242 g/mol. The zero-order chi connectivity index (χ0) is 13.0. The van der Waals surface area contributed by atoms with Crippen LogP contribution in [0.25, 0.3) is 0 Å². The van der Waals surface area contributed by atoms with E-state index in [1.807, 2.05) is 61.5 Å². The lowest BCUT2D eigenvalue weighted by Gasteiger charge is -2.30. The first-order valence-corrected chi connectivity index (χ1v) is 6.01. The molecule has 0 spiro atoms. The summed E-state index contributed by atoms with van der Waals surface area (Å²) in [5.74, 6) is 0. The number of ether oxygens (including phenoxy) is 1. The lowest BCUT2D eigenvalue weighted by atomic mass is 9.84. The molecule has 0 radical (unpaired) electrons. The highest BCUT2D eigenvalue weighted by Crippen LogP contribution is 2.31. The number of aryl methyl sites for hydroxylation is 1. The number of hydrogen-bond acceptors (Lipinski definition) is 2. The topological polar surface area (TPSA) is 29.5 Å². The van der Waals surface area contributed by atoms with Crippen molar-refractivity contribution in [3.05, 3.63) is 71.3 Å². The molecule has 0 aromatic heterocycles. The van der Waals surface area contributed by atoms with Gasteiger partial charge in [-0.1, -0.05) is 54.6 Å². The minimum absolute atomic E-state index is 0.238. The zero-order valence-corrected chi connectivity index (χ0v) is 10.8. The third kappa shape index (κ3) is 2.30. The molecule has 1 N–H and O–H groups in total. The van der Waals surface area contributed by atoms with Gasteiger partial charge in [-0.05, 0) is 23.6 Å². The van der Waals surface area contributed by atoms with Crippen molar-refractivity contribution in [3.63, 3.8) is 0 Å². The smallest absolute Gasteiger partial charge is 0.138 e. The van der Waals surface area contributed by atoms with E-state index in [0.717, 1.165) is 16.7 Å². The van der Waals surface area contributed by atoms with E-state index < -0.39 is 5.60 Å². The zero-order valence-electron chi connectivity index (χ0n) is 10.8. The lowest BCUT2D eigenvalue weighted by Crippen LogP contribution is -2.33. The Labute approximate surface area is 108 Å². The molecule has 0 aliphatic heterocycles. The molecule has 2 rings (SSSR count). The van der Waals surface area contributed by atoms with Crippen LogP contribution in [-0.4, -0.2) is 18.8 Å². The van der Waals surface area contributed by atoms with Gasteiger partial charge in [0.1, 0.15) is 5.60 Å². The molecule has 0 aliphatic rings. The van der Waals surface area contributed by atoms with Gasteiger partial charge >= 0.3 is 0 Å². The van der Waals surface area contributed by atoms with Gasteiger partial charge in [0.2, 0.25) is 0 Å². The van der Waals surface area contributed by atoms with Gasteiger partial charge in [0.15, 0.2) is 0 Å². The SMILES string of the molecule is COCC(O)(c1ccccc1)c1ccccc1C. The Bertz CT molecular complexity index is 508. The summed E-state index contributed by atoms with van der Waals surface area (Å²) >= 11 is 0. The van der Waals surface area contributed by atoms with Crippen molar-refractivity contribution in [2.75, 3.05) is 13.7 Å². The largest absolute Gasteiger partial charge is 0.381 e. The first-order chi connectivity index (χ1) is 8.68. The van der Waals surface area contributed by atoms with E-state index in [1.165, 1.54) is 0 Å². The fourth-order valence-corrected chi connectivity index (χ4v) is 2.28. The summed E-state index contributed by atoms with van der Waals surface area (Å²) in [7, 11) is 1.60. The maximum Gasteiger partial charge on any atom is 0.138 e. The molecule has 0 heterocycles. The van der Waals surface area contributed by atoms with Crippen LogP contribution in [0.1, 0.15) is 16.7 Å². The highest BCUT2D eigenvalue weighted by molar-refractivity contribution is 5.40. The van der Waals surface area contributed by atoms with Crippen molar-refractivity contribution in [3.8, 4) is 0 Å². The van der Waals surface area contributed by atoms with E-state index in [0.29, 0.717) is 0 Å². The van der Waals surface area contributed by atoms with Crippen molar-refractivity contribution in [1.29, 1.82) is 0 Å². The van der Waals surface area contributed by atoms with Crippen LogP contribution in [0.15, 0.2) is 54.6 Å². The van der Waals surface area contributed by atoms with Gasteiger partial charge in [0, 0.05) is 7.11 Å². The quantitative estimate of drug-likeness (QED) is 0.893. The van der Waals surface area contributed by atoms with Crippen LogP contribution in [0.2, 0.25) is 0 Å². The third-order valence-corrected chi connectivity index (χ3v) is 3.20. The average molecular weight is 242 g/mol. The van der Waals surface area contributed by atoms with Gasteiger partial charge in [0.25, 0.3) is 0 Å².